The van der Waals surface area contributed by atoms with Crippen LogP contribution in [0.25, 0.3) is 0 Å². The molecule has 146 valence electrons. The van der Waals surface area contributed by atoms with Crippen molar-refractivity contribution >= 4 is 19.8 Å². The number of amides is 1. The number of fused-ring (bicyclic) bond motifs is 1. The molecule has 1 amide bonds. The Hall–Kier alpha value is -1.08. The van der Waals surface area contributed by atoms with Crippen molar-refractivity contribution in [1.82, 2.24) is 0 Å². The molecule has 2 unspecified atom stereocenters. The Balaban J connectivity index is 2.80. The van der Waals surface area contributed by atoms with Crippen LogP contribution < -0.4 is 4.90 Å². The standard InChI is InChI=1S/C18H29NO6P/c1-13(20)19-15-12-10-9-11-14(15)18(21,16(2,3)4)17(19,5)25-26(22-6,23-7)24-8/h9-12,21H,1-8H3/q+1. The van der Waals surface area contributed by atoms with E-state index in [9.17, 15) is 9.90 Å². The van der Waals surface area contributed by atoms with Crippen molar-refractivity contribution in [2.24, 2.45) is 5.41 Å². The molecule has 8 heteroatoms. The van der Waals surface area contributed by atoms with E-state index >= 15 is 0 Å². The van der Waals surface area contributed by atoms with Gasteiger partial charge in [-0.15, -0.1) is 4.52 Å². The minimum absolute atomic E-state index is 0.276. The summed E-state index contributed by atoms with van der Waals surface area (Å²) >= 11 is 0. The van der Waals surface area contributed by atoms with Gasteiger partial charge in [0.1, 0.15) is 5.60 Å². The van der Waals surface area contributed by atoms with Crippen LogP contribution in [-0.2, 0) is 28.5 Å². The van der Waals surface area contributed by atoms with Crippen LogP contribution in [0.2, 0.25) is 0 Å². The number of aliphatic hydroxyl groups is 1. The van der Waals surface area contributed by atoms with Gasteiger partial charge in [0, 0.05) is 12.5 Å². The quantitative estimate of drug-likeness (QED) is 0.779. The molecule has 0 fully saturated rings. The Labute approximate surface area is 155 Å². The fraction of sp³-hybridized carbons (Fsp3) is 0.611. The van der Waals surface area contributed by atoms with Crippen LogP contribution in [0.3, 0.4) is 0 Å². The average molecular weight is 386 g/mol. The molecule has 1 aromatic rings. The molecule has 7 nitrogen and oxygen atoms in total. The normalized spacial score (nSPS) is 26.1. The highest BCUT2D eigenvalue weighted by Gasteiger charge is 2.72. The summed E-state index contributed by atoms with van der Waals surface area (Å²) in [5.74, 6) is -0.276. The maximum absolute atomic E-state index is 12.6. The summed E-state index contributed by atoms with van der Waals surface area (Å²) in [7, 11) is 0.947. The first kappa shape index (κ1) is 21.2. The predicted octanol–water partition coefficient (Wildman–Crippen LogP) is 3.64. The van der Waals surface area contributed by atoms with Crippen LogP contribution in [-0.4, -0.2) is 38.1 Å². The second-order valence-electron chi connectivity index (χ2n) is 7.40. The number of anilines is 1. The lowest BCUT2D eigenvalue weighted by Crippen LogP contribution is -2.63. The number of hydrogen-bond acceptors (Lipinski definition) is 6. The zero-order valence-electron chi connectivity index (χ0n) is 16.7. The predicted molar refractivity (Wildman–Crippen MR) is 100 cm³/mol. The van der Waals surface area contributed by atoms with Crippen molar-refractivity contribution in [3.05, 3.63) is 29.8 Å². The Bertz CT molecular complexity index is 678. The largest absolute Gasteiger partial charge is 0.576 e. The minimum atomic E-state index is -3.26. The summed E-state index contributed by atoms with van der Waals surface area (Å²) in [6.45, 7) is 8.76. The molecule has 2 atom stereocenters. The van der Waals surface area contributed by atoms with Crippen LogP contribution in [0, 0.1) is 5.41 Å². The molecule has 0 aromatic heterocycles. The van der Waals surface area contributed by atoms with Crippen LogP contribution >= 0.6 is 8.17 Å². The monoisotopic (exact) mass is 386 g/mol. The summed E-state index contributed by atoms with van der Waals surface area (Å²) < 4.78 is 22.4. The molecule has 0 aliphatic carbocycles. The summed E-state index contributed by atoms with van der Waals surface area (Å²) in [5, 5.41) is 12.0. The molecule has 0 spiro atoms. The van der Waals surface area contributed by atoms with Crippen LogP contribution in [0.4, 0.5) is 5.69 Å². The lowest BCUT2D eigenvalue weighted by molar-refractivity contribution is -0.193. The van der Waals surface area contributed by atoms with Gasteiger partial charge in [-0.3, -0.25) is 9.69 Å². The molecular weight excluding hydrogens is 357 g/mol. The highest BCUT2D eigenvalue weighted by Crippen LogP contribution is 2.69. The van der Waals surface area contributed by atoms with Gasteiger partial charge in [-0.2, -0.15) is 13.6 Å². The van der Waals surface area contributed by atoms with E-state index in [1.54, 1.807) is 19.1 Å². The lowest BCUT2D eigenvalue weighted by Gasteiger charge is -2.48. The van der Waals surface area contributed by atoms with Crippen molar-refractivity contribution in [3.8, 4) is 0 Å². The van der Waals surface area contributed by atoms with E-state index in [1.807, 2.05) is 32.9 Å². The number of para-hydroxylation sites is 1. The number of hydrogen-bond donors (Lipinski definition) is 1. The van der Waals surface area contributed by atoms with Gasteiger partial charge < -0.3 is 5.11 Å². The van der Waals surface area contributed by atoms with Crippen molar-refractivity contribution in [2.75, 3.05) is 26.2 Å². The molecule has 1 aromatic carbocycles. The first-order chi connectivity index (χ1) is 11.9. The van der Waals surface area contributed by atoms with E-state index in [0.717, 1.165) is 0 Å². The van der Waals surface area contributed by atoms with Gasteiger partial charge >= 0.3 is 8.17 Å². The number of carbonyl (C=O) groups is 1. The number of nitrogens with zero attached hydrogens (tertiary/aromatic N) is 1. The summed E-state index contributed by atoms with van der Waals surface area (Å²) in [4.78, 5) is 14.1. The van der Waals surface area contributed by atoms with Gasteiger partial charge in [0.05, 0.1) is 27.0 Å². The highest BCUT2D eigenvalue weighted by molar-refractivity contribution is 7.56. The van der Waals surface area contributed by atoms with E-state index in [-0.39, 0.29) is 5.91 Å². The number of carbonyl (C=O) groups excluding carboxylic acids is 1. The summed E-state index contributed by atoms with van der Waals surface area (Å²) in [5.41, 5.74) is -2.57. The molecule has 1 aliphatic rings. The maximum atomic E-state index is 12.6. The van der Waals surface area contributed by atoms with Crippen LogP contribution in [0.5, 0.6) is 0 Å². The number of rotatable bonds is 5. The van der Waals surface area contributed by atoms with E-state index < -0.39 is 24.9 Å². The third-order valence-electron chi connectivity index (χ3n) is 4.99. The minimum Gasteiger partial charge on any atom is -0.379 e. The van der Waals surface area contributed by atoms with Gasteiger partial charge in [-0.05, 0) is 18.4 Å². The second kappa shape index (κ2) is 6.82. The third-order valence-corrected chi connectivity index (χ3v) is 6.91. The van der Waals surface area contributed by atoms with Crippen molar-refractivity contribution < 1.29 is 28.0 Å². The Morgan fingerprint density at radius 2 is 1.62 bits per heavy atom. The fourth-order valence-corrected chi connectivity index (χ4v) is 5.17. The average Bonchev–Trinajstić information content (AvgIpc) is 2.78. The molecule has 0 radical (unpaired) electrons. The summed E-state index contributed by atoms with van der Waals surface area (Å²) in [6, 6.07) is 7.23. The van der Waals surface area contributed by atoms with Crippen LogP contribution in [0.15, 0.2) is 24.3 Å². The molecular formula is C18H29NO6P+. The maximum Gasteiger partial charge on any atom is 0.576 e. The second-order valence-corrected chi connectivity index (χ2v) is 9.57. The van der Waals surface area contributed by atoms with Crippen molar-refractivity contribution in [2.45, 2.75) is 45.9 Å². The van der Waals surface area contributed by atoms with Gasteiger partial charge in [-0.1, -0.05) is 39.0 Å². The van der Waals surface area contributed by atoms with E-state index in [2.05, 4.69) is 0 Å². The topological polar surface area (TPSA) is 77.5 Å². The van der Waals surface area contributed by atoms with Crippen molar-refractivity contribution in [1.29, 1.82) is 0 Å². The Morgan fingerprint density at radius 3 is 2.04 bits per heavy atom. The molecule has 1 N–H and O–H groups in total. The van der Waals surface area contributed by atoms with Gasteiger partial charge in [0.2, 0.25) is 11.6 Å². The zero-order valence-corrected chi connectivity index (χ0v) is 17.6. The van der Waals surface area contributed by atoms with Crippen LogP contribution in [0.1, 0.15) is 40.2 Å². The van der Waals surface area contributed by atoms with Gasteiger partial charge in [0.15, 0.2) is 0 Å². The van der Waals surface area contributed by atoms with Crippen molar-refractivity contribution in [3.63, 3.8) is 0 Å². The van der Waals surface area contributed by atoms with E-state index in [0.29, 0.717) is 11.3 Å². The molecule has 0 bridgehead atoms. The smallest absolute Gasteiger partial charge is 0.379 e. The lowest BCUT2D eigenvalue weighted by atomic mass is 9.68. The zero-order chi connectivity index (χ0) is 20.0. The number of benzene rings is 1. The van der Waals surface area contributed by atoms with E-state index in [4.69, 9.17) is 18.1 Å². The summed E-state index contributed by atoms with van der Waals surface area (Å²) in [6.07, 6.45) is 0. The first-order valence-electron chi connectivity index (χ1n) is 8.34. The molecule has 0 saturated carbocycles. The van der Waals surface area contributed by atoms with Gasteiger partial charge in [0.25, 0.3) is 0 Å². The fourth-order valence-electron chi connectivity index (χ4n) is 3.85. The molecule has 26 heavy (non-hydrogen) atoms. The molecule has 0 saturated heterocycles. The first-order valence-corrected chi connectivity index (χ1v) is 9.80. The Kier molecular flexibility index (Phi) is 5.57. The molecule has 1 heterocycles. The van der Waals surface area contributed by atoms with Gasteiger partial charge in [-0.25, -0.2) is 0 Å². The Morgan fingerprint density at radius 1 is 1.12 bits per heavy atom. The molecule has 1 aliphatic heterocycles. The third kappa shape index (κ3) is 2.78. The van der Waals surface area contributed by atoms with E-state index in [1.165, 1.54) is 33.2 Å². The highest BCUT2D eigenvalue weighted by atomic mass is 31.2. The molecule has 2 rings (SSSR count). The SMILES string of the molecule is CO[P+](OC)(OC)OC1(C)N(C(C)=O)c2ccccc2C1(O)C(C)(C)C.